The number of tetrazole rings is 1. The summed E-state index contributed by atoms with van der Waals surface area (Å²) in [5.41, 5.74) is 6.32. The third-order valence-corrected chi connectivity index (χ3v) is 3.66. The Bertz CT molecular complexity index is 574. The van der Waals surface area contributed by atoms with Gasteiger partial charge in [0.15, 0.2) is 11.6 Å². The number of anilines is 1. The third-order valence-electron chi connectivity index (χ3n) is 3.66. The maximum atomic E-state index is 14.0. The maximum Gasteiger partial charge on any atom is 0.159 e. The average molecular weight is 261 g/mol. The van der Waals surface area contributed by atoms with Gasteiger partial charge in [-0.25, -0.2) is 4.39 Å². The Balaban J connectivity index is 1.99. The molecule has 6 heteroatoms. The van der Waals surface area contributed by atoms with Gasteiger partial charge in [0.05, 0.1) is 0 Å². The molecule has 1 aliphatic rings. The van der Waals surface area contributed by atoms with Gasteiger partial charge >= 0.3 is 0 Å². The van der Waals surface area contributed by atoms with Crippen LogP contribution >= 0.6 is 0 Å². The highest BCUT2D eigenvalue weighted by molar-refractivity contribution is 5.46. The molecular formula is C13H16FN5. The number of nitrogens with two attached hydrogens (primary N) is 1. The molecule has 1 fully saturated rings. The summed E-state index contributed by atoms with van der Waals surface area (Å²) in [6.07, 6.45) is 5.76. The number of nitrogens with zero attached hydrogens (tertiary/aromatic N) is 4. The second-order valence-electron chi connectivity index (χ2n) is 4.99. The molecule has 1 aromatic carbocycles. The van der Waals surface area contributed by atoms with Crippen LogP contribution in [0.4, 0.5) is 10.1 Å². The lowest BCUT2D eigenvalue weighted by atomic mass is 9.88. The third kappa shape index (κ3) is 2.30. The lowest BCUT2D eigenvalue weighted by molar-refractivity contribution is 0.421. The molecule has 0 unspecified atom stereocenters. The normalized spacial score (nSPS) is 16.7. The van der Waals surface area contributed by atoms with Crippen molar-refractivity contribution in [3.8, 4) is 5.69 Å². The zero-order valence-corrected chi connectivity index (χ0v) is 10.6. The van der Waals surface area contributed by atoms with Crippen LogP contribution in [0, 0.1) is 5.82 Å². The predicted molar refractivity (Wildman–Crippen MR) is 69.4 cm³/mol. The molecule has 1 aromatic heterocycles. The van der Waals surface area contributed by atoms with Crippen LogP contribution in [-0.2, 0) is 0 Å². The molecule has 0 atom stereocenters. The Morgan fingerprint density at radius 1 is 1.21 bits per heavy atom. The van der Waals surface area contributed by atoms with E-state index in [1.165, 1.54) is 30.0 Å². The number of aromatic nitrogens is 4. The van der Waals surface area contributed by atoms with Crippen LogP contribution in [0.25, 0.3) is 5.69 Å². The second kappa shape index (κ2) is 4.95. The first-order chi connectivity index (χ1) is 9.25. The molecule has 1 heterocycles. The smallest absolute Gasteiger partial charge is 0.159 e. The summed E-state index contributed by atoms with van der Waals surface area (Å²) in [4.78, 5) is 0. The van der Waals surface area contributed by atoms with E-state index in [1.807, 2.05) is 0 Å². The molecule has 1 aliphatic carbocycles. The van der Waals surface area contributed by atoms with Crippen molar-refractivity contribution in [3.05, 3.63) is 29.8 Å². The predicted octanol–water partition coefficient (Wildman–Crippen LogP) is 2.43. The monoisotopic (exact) mass is 261 g/mol. The minimum absolute atomic E-state index is 0.320. The average Bonchev–Trinajstić information content (AvgIpc) is 2.89. The van der Waals surface area contributed by atoms with E-state index in [0.29, 0.717) is 17.3 Å². The first kappa shape index (κ1) is 12.1. The Kier molecular flexibility index (Phi) is 3.15. The SMILES string of the molecule is Nc1ccc(-n2nnnc2C2CCCCC2)c(F)c1. The lowest BCUT2D eigenvalue weighted by Crippen LogP contribution is -2.13. The van der Waals surface area contributed by atoms with Gasteiger partial charge in [0.1, 0.15) is 5.69 Å². The Morgan fingerprint density at radius 3 is 2.74 bits per heavy atom. The number of rotatable bonds is 2. The van der Waals surface area contributed by atoms with Gasteiger partial charge in [-0.05, 0) is 41.5 Å². The van der Waals surface area contributed by atoms with Crippen LogP contribution in [0.15, 0.2) is 18.2 Å². The fourth-order valence-electron chi connectivity index (χ4n) is 2.68. The second-order valence-corrected chi connectivity index (χ2v) is 4.99. The number of nitrogen functional groups attached to an aromatic ring is 1. The van der Waals surface area contributed by atoms with Crippen LogP contribution in [-0.4, -0.2) is 20.2 Å². The summed E-state index contributed by atoms with van der Waals surface area (Å²) in [6.45, 7) is 0. The molecule has 0 saturated heterocycles. The molecule has 5 nitrogen and oxygen atoms in total. The van der Waals surface area contributed by atoms with Gasteiger partial charge in [-0.2, -0.15) is 4.68 Å². The van der Waals surface area contributed by atoms with Crippen LogP contribution < -0.4 is 5.73 Å². The summed E-state index contributed by atoms with van der Waals surface area (Å²) in [5, 5.41) is 11.7. The van der Waals surface area contributed by atoms with E-state index < -0.39 is 5.82 Å². The molecule has 2 N–H and O–H groups in total. The summed E-state index contributed by atoms with van der Waals surface area (Å²) in [6, 6.07) is 4.57. The zero-order chi connectivity index (χ0) is 13.2. The van der Waals surface area contributed by atoms with Gasteiger partial charge in [-0.1, -0.05) is 19.3 Å². The van der Waals surface area contributed by atoms with Crippen LogP contribution in [0.1, 0.15) is 43.8 Å². The van der Waals surface area contributed by atoms with E-state index >= 15 is 0 Å². The fourth-order valence-corrected chi connectivity index (χ4v) is 2.68. The summed E-state index contributed by atoms with van der Waals surface area (Å²) >= 11 is 0. The molecule has 0 aliphatic heterocycles. The Hall–Kier alpha value is -1.98. The topological polar surface area (TPSA) is 69.6 Å². The molecule has 0 radical (unpaired) electrons. The highest BCUT2D eigenvalue weighted by Gasteiger charge is 2.23. The fraction of sp³-hybridized carbons (Fsp3) is 0.462. The number of hydrogen-bond acceptors (Lipinski definition) is 4. The van der Waals surface area contributed by atoms with Crippen molar-refractivity contribution in [3.63, 3.8) is 0 Å². The van der Waals surface area contributed by atoms with Gasteiger partial charge < -0.3 is 5.73 Å². The molecule has 1 saturated carbocycles. The minimum atomic E-state index is -0.399. The molecule has 19 heavy (non-hydrogen) atoms. The van der Waals surface area contributed by atoms with E-state index in [2.05, 4.69) is 15.5 Å². The quantitative estimate of drug-likeness (QED) is 0.843. The van der Waals surface area contributed by atoms with Crippen molar-refractivity contribution >= 4 is 5.69 Å². The lowest BCUT2D eigenvalue weighted by Gasteiger charge is -2.20. The van der Waals surface area contributed by atoms with Gasteiger partial charge in [-0.15, -0.1) is 5.10 Å². The van der Waals surface area contributed by atoms with Crippen molar-refractivity contribution in [1.82, 2.24) is 20.2 Å². The molecular weight excluding hydrogens is 245 g/mol. The van der Waals surface area contributed by atoms with Crippen molar-refractivity contribution in [2.45, 2.75) is 38.0 Å². The van der Waals surface area contributed by atoms with Gasteiger partial charge in [0.2, 0.25) is 0 Å². The highest BCUT2D eigenvalue weighted by atomic mass is 19.1. The Morgan fingerprint density at radius 2 is 2.00 bits per heavy atom. The molecule has 3 rings (SSSR count). The maximum absolute atomic E-state index is 14.0. The summed E-state index contributed by atoms with van der Waals surface area (Å²) in [5.74, 6) is 0.674. The number of halogens is 1. The van der Waals surface area contributed by atoms with Crippen molar-refractivity contribution < 1.29 is 4.39 Å². The van der Waals surface area contributed by atoms with Crippen LogP contribution in [0.3, 0.4) is 0 Å². The largest absolute Gasteiger partial charge is 0.399 e. The molecule has 0 amide bonds. The van der Waals surface area contributed by atoms with Gasteiger partial charge in [0.25, 0.3) is 0 Å². The van der Waals surface area contributed by atoms with E-state index in [9.17, 15) is 4.39 Å². The first-order valence-electron chi connectivity index (χ1n) is 6.59. The molecule has 0 bridgehead atoms. The first-order valence-corrected chi connectivity index (χ1v) is 6.59. The van der Waals surface area contributed by atoms with E-state index in [4.69, 9.17) is 5.73 Å². The minimum Gasteiger partial charge on any atom is -0.399 e. The van der Waals surface area contributed by atoms with Crippen molar-refractivity contribution in [1.29, 1.82) is 0 Å². The number of benzene rings is 1. The van der Waals surface area contributed by atoms with Gasteiger partial charge in [0, 0.05) is 11.6 Å². The summed E-state index contributed by atoms with van der Waals surface area (Å²) < 4.78 is 15.5. The Labute approximate surface area is 110 Å². The number of hydrogen-bond donors (Lipinski definition) is 1. The van der Waals surface area contributed by atoms with Crippen LogP contribution in [0.2, 0.25) is 0 Å². The van der Waals surface area contributed by atoms with E-state index in [-0.39, 0.29) is 0 Å². The van der Waals surface area contributed by atoms with Crippen LogP contribution in [0.5, 0.6) is 0 Å². The molecule has 0 spiro atoms. The van der Waals surface area contributed by atoms with Crippen molar-refractivity contribution in [2.24, 2.45) is 0 Å². The van der Waals surface area contributed by atoms with E-state index in [0.717, 1.165) is 18.7 Å². The van der Waals surface area contributed by atoms with Gasteiger partial charge in [-0.3, -0.25) is 0 Å². The van der Waals surface area contributed by atoms with Crippen molar-refractivity contribution in [2.75, 3.05) is 5.73 Å². The summed E-state index contributed by atoms with van der Waals surface area (Å²) in [7, 11) is 0. The highest BCUT2D eigenvalue weighted by Crippen LogP contribution is 2.32. The molecule has 2 aromatic rings. The van der Waals surface area contributed by atoms with E-state index in [1.54, 1.807) is 12.1 Å². The standard InChI is InChI=1S/C13H16FN5/c14-11-8-10(15)6-7-12(11)19-13(16-17-18-19)9-4-2-1-3-5-9/h6-9H,1-5,15H2. The molecule has 100 valence electrons. The zero-order valence-electron chi connectivity index (χ0n) is 10.6.